The predicted octanol–water partition coefficient (Wildman–Crippen LogP) is 6.28. The molecule has 2 N–H and O–H groups in total. The number of nitrogens with zero attached hydrogens (tertiary/aromatic N) is 1. The Morgan fingerprint density at radius 1 is 0.929 bits per heavy atom. The molecule has 4 rings (SSSR count). The van der Waals surface area contributed by atoms with E-state index in [0.717, 1.165) is 25.8 Å². The third kappa shape index (κ3) is 4.04. The molecule has 0 fully saturated rings. The zero-order valence-corrected chi connectivity index (χ0v) is 17.9. The lowest BCUT2D eigenvalue weighted by molar-refractivity contribution is 0.405. The van der Waals surface area contributed by atoms with Gasteiger partial charge in [-0.15, -0.1) is 0 Å². The summed E-state index contributed by atoms with van der Waals surface area (Å²) in [6.07, 6.45) is 0.0355. The van der Waals surface area contributed by atoms with Crippen LogP contribution in [-0.2, 0) is 0 Å². The van der Waals surface area contributed by atoms with Crippen LogP contribution in [-0.4, -0.2) is 10.8 Å². The topological polar surface area (TPSA) is 44.6 Å². The van der Waals surface area contributed by atoms with Crippen LogP contribution >= 0.6 is 31.9 Å². The number of benzene rings is 3. The summed E-state index contributed by atoms with van der Waals surface area (Å²) >= 11 is 6.92. The largest absolute Gasteiger partial charge is 0.508 e. The summed E-state index contributed by atoms with van der Waals surface area (Å²) < 4.78 is 16.3. The minimum absolute atomic E-state index is 0.199. The van der Waals surface area contributed by atoms with Crippen LogP contribution in [0, 0.1) is 5.82 Å². The van der Waals surface area contributed by atoms with Crippen LogP contribution in [0.5, 0.6) is 5.75 Å². The lowest BCUT2D eigenvalue weighted by Crippen LogP contribution is -2.33. The molecule has 142 valence electrons. The Hall–Kier alpha value is -2.02. The van der Waals surface area contributed by atoms with Crippen molar-refractivity contribution >= 4 is 37.6 Å². The molecule has 1 aliphatic rings. The molecule has 1 heterocycles. The number of phenolic OH excluding ortho intramolecular Hbond substituents is 1. The quantitative estimate of drug-likeness (QED) is 0.441. The smallest absolute Gasteiger partial charge is 0.129 e. The van der Waals surface area contributed by atoms with Crippen molar-refractivity contribution in [1.29, 1.82) is 0 Å². The molecule has 0 bridgehead atoms. The van der Waals surface area contributed by atoms with Gasteiger partial charge in [0, 0.05) is 38.2 Å². The summed E-state index contributed by atoms with van der Waals surface area (Å²) in [6, 6.07) is 19.7. The molecule has 0 spiro atoms. The second kappa shape index (κ2) is 8.15. The molecule has 28 heavy (non-hydrogen) atoms. The summed E-state index contributed by atoms with van der Waals surface area (Å²) in [6.45, 7) is 0. The van der Waals surface area contributed by atoms with E-state index in [2.05, 4.69) is 37.2 Å². The minimum Gasteiger partial charge on any atom is -0.508 e. The van der Waals surface area contributed by atoms with E-state index in [4.69, 9.17) is 4.99 Å². The molecule has 0 saturated carbocycles. The van der Waals surface area contributed by atoms with Gasteiger partial charge in [0.2, 0.25) is 0 Å². The van der Waals surface area contributed by atoms with E-state index < -0.39 is 6.17 Å². The lowest BCUT2D eigenvalue weighted by atomic mass is 9.93. The van der Waals surface area contributed by atoms with Gasteiger partial charge in [0.1, 0.15) is 17.7 Å². The average molecular weight is 504 g/mol. The molecule has 0 aliphatic carbocycles. The molecule has 3 nitrogen and oxygen atoms in total. The van der Waals surface area contributed by atoms with E-state index >= 15 is 0 Å². The van der Waals surface area contributed by atoms with Crippen LogP contribution in [0.1, 0.15) is 35.3 Å². The highest BCUT2D eigenvalue weighted by atomic mass is 79.9. The number of hydrogen-bond acceptors (Lipinski definition) is 3. The fourth-order valence-corrected chi connectivity index (χ4v) is 4.03. The van der Waals surface area contributed by atoms with Crippen LogP contribution in [0.15, 0.2) is 80.7 Å². The van der Waals surface area contributed by atoms with Gasteiger partial charge >= 0.3 is 0 Å². The van der Waals surface area contributed by atoms with Gasteiger partial charge in [-0.25, -0.2) is 4.39 Å². The number of aromatic hydroxyl groups is 1. The van der Waals surface area contributed by atoms with E-state index in [0.29, 0.717) is 12.0 Å². The highest BCUT2D eigenvalue weighted by Gasteiger charge is 2.29. The van der Waals surface area contributed by atoms with Crippen LogP contribution in [0.25, 0.3) is 0 Å². The van der Waals surface area contributed by atoms with E-state index in [9.17, 15) is 9.50 Å². The molecule has 3 aromatic carbocycles. The molecular weight excluding hydrogens is 487 g/mol. The van der Waals surface area contributed by atoms with Gasteiger partial charge in [-0.3, -0.25) is 10.3 Å². The summed E-state index contributed by atoms with van der Waals surface area (Å²) in [5.41, 5.74) is 3.07. The lowest BCUT2D eigenvalue weighted by Gasteiger charge is -2.31. The predicted molar refractivity (Wildman–Crippen MR) is 116 cm³/mol. The van der Waals surface area contributed by atoms with Crippen molar-refractivity contribution in [2.24, 2.45) is 4.99 Å². The summed E-state index contributed by atoms with van der Waals surface area (Å²) in [7, 11) is 0. The summed E-state index contributed by atoms with van der Waals surface area (Å²) in [4.78, 5) is 4.80. The van der Waals surface area contributed by atoms with Crippen molar-refractivity contribution in [3.05, 3.63) is 98.2 Å². The maximum absolute atomic E-state index is 14.5. The van der Waals surface area contributed by atoms with Crippen LogP contribution in [0.3, 0.4) is 0 Å². The highest BCUT2D eigenvalue weighted by molar-refractivity contribution is 9.10. The van der Waals surface area contributed by atoms with Gasteiger partial charge in [-0.05, 0) is 42.0 Å². The molecule has 2 atom stereocenters. The van der Waals surface area contributed by atoms with Gasteiger partial charge in [-0.1, -0.05) is 62.2 Å². The van der Waals surface area contributed by atoms with Crippen molar-refractivity contribution in [2.45, 2.75) is 18.6 Å². The normalized spacial score (nSPS) is 19.3. The molecule has 6 heteroatoms. The Morgan fingerprint density at radius 3 is 2.39 bits per heavy atom. The fraction of sp³-hybridized carbons (Fsp3) is 0.136. The maximum atomic E-state index is 14.5. The third-order valence-corrected chi connectivity index (χ3v) is 5.81. The molecule has 0 aromatic heterocycles. The Balaban J connectivity index is 1.79. The third-order valence-electron chi connectivity index (χ3n) is 4.78. The molecule has 0 saturated heterocycles. The number of rotatable bonds is 3. The highest BCUT2D eigenvalue weighted by Crippen LogP contribution is 2.36. The van der Waals surface area contributed by atoms with Crippen molar-refractivity contribution < 1.29 is 9.50 Å². The van der Waals surface area contributed by atoms with Crippen LogP contribution in [0.2, 0.25) is 0 Å². The molecule has 1 aliphatic heterocycles. The maximum Gasteiger partial charge on any atom is 0.129 e. The summed E-state index contributed by atoms with van der Waals surface area (Å²) in [5, 5.41) is 13.8. The SMILES string of the molecule is Oc1ccc(Br)cc1[C@H]1CC(c2ccc(Br)cc2)=N[C@H](c2ccccc2F)N1. The van der Waals surface area contributed by atoms with Gasteiger partial charge < -0.3 is 5.11 Å². The standard InChI is InChI=1S/C22H17Br2FN2O/c23-14-7-5-13(6-8-14)19-12-20(17-11-15(24)9-10-21(17)28)27-22(26-19)16-3-1-2-4-18(16)25/h1-11,20,22,27-28H,12H2/t20-,22+/m1/s1. The first-order valence-corrected chi connectivity index (χ1v) is 10.4. The van der Waals surface area contributed by atoms with E-state index in [1.807, 2.05) is 30.3 Å². The molecule has 0 amide bonds. The Bertz CT molecular complexity index is 1040. The van der Waals surface area contributed by atoms with Crippen molar-refractivity contribution in [2.75, 3.05) is 0 Å². The Labute approximate surface area is 179 Å². The Morgan fingerprint density at radius 2 is 1.64 bits per heavy atom. The Kier molecular flexibility index (Phi) is 5.62. The minimum atomic E-state index is -0.544. The zero-order valence-electron chi connectivity index (χ0n) is 14.7. The van der Waals surface area contributed by atoms with E-state index in [1.54, 1.807) is 30.3 Å². The molecule has 0 radical (unpaired) electrons. The van der Waals surface area contributed by atoms with Crippen molar-refractivity contribution in [3.8, 4) is 5.75 Å². The van der Waals surface area contributed by atoms with Gasteiger partial charge in [0.05, 0.1) is 0 Å². The first-order chi connectivity index (χ1) is 13.5. The van der Waals surface area contributed by atoms with Gasteiger partial charge in [0.15, 0.2) is 0 Å². The van der Waals surface area contributed by atoms with Crippen molar-refractivity contribution in [3.63, 3.8) is 0 Å². The number of nitrogens with one attached hydrogen (secondary N) is 1. The number of phenols is 1. The molecular formula is C22H17Br2FN2O. The second-order valence-corrected chi connectivity index (χ2v) is 8.46. The number of aliphatic imine (C=N–C) groups is 1. The molecule has 3 aromatic rings. The molecule has 0 unspecified atom stereocenters. The zero-order chi connectivity index (χ0) is 19.7. The average Bonchev–Trinajstić information content (AvgIpc) is 2.70. The van der Waals surface area contributed by atoms with Gasteiger partial charge in [-0.2, -0.15) is 0 Å². The number of halogens is 3. The van der Waals surface area contributed by atoms with E-state index in [1.165, 1.54) is 6.07 Å². The van der Waals surface area contributed by atoms with Crippen LogP contribution < -0.4 is 5.32 Å². The monoisotopic (exact) mass is 502 g/mol. The van der Waals surface area contributed by atoms with Gasteiger partial charge in [0.25, 0.3) is 0 Å². The first kappa shape index (κ1) is 19.3. The second-order valence-electron chi connectivity index (χ2n) is 6.63. The van der Waals surface area contributed by atoms with Crippen molar-refractivity contribution in [1.82, 2.24) is 5.32 Å². The van der Waals surface area contributed by atoms with Crippen LogP contribution in [0.4, 0.5) is 4.39 Å². The first-order valence-electron chi connectivity index (χ1n) is 8.83. The number of hydrogen-bond donors (Lipinski definition) is 2. The summed E-state index contributed by atoms with van der Waals surface area (Å²) in [5.74, 6) is -0.108. The van der Waals surface area contributed by atoms with E-state index in [-0.39, 0.29) is 17.6 Å². The fourth-order valence-electron chi connectivity index (χ4n) is 3.38.